The summed E-state index contributed by atoms with van der Waals surface area (Å²) in [5.74, 6) is 0. The maximum absolute atomic E-state index is 3.36. The minimum absolute atomic E-state index is 0. The summed E-state index contributed by atoms with van der Waals surface area (Å²) in [5, 5.41) is 3.36. The molecule has 0 spiro atoms. The topological polar surface area (TPSA) is 15.3 Å². The summed E-state index contributed by atoms with van der Waals surface area (Å²) >= 11 is 0. The molecule has 1 aliphatic carbocycles. The number of fused-ring (bicyclic) bond motifs is 2. The molecule has 0 bridgehead atoms. The Morgan fingerprint density at radius 3 is 2.00 bits per heavy atom. The van der Waals surface area contributed by atoms with Gasteiger partial charge in [0.05, 0.1) is 6.04 Å². The second kappa shape index (κ2) is 7.04. The Labute approximate surface area is 145 Å². The minimum Gasteiger partial charge on any atom is -0.318 e. The molecule has 1 heterocycles. The molecule has 3 heteroatoms. The smallest absolute Gasteiger partial charge is 0.0610 e. The highest BCUT2D eigenvalue weighted by molar-refractivity contribution is 5.85. The molecule has 0 saturated carbocycles. The average Bonchev–Trinajstić information content (AvgIpc) is 2.70. The highest BCUT2D eigenvalue weighted by Gasteiger charge is 2.37. The van der Waals surface area contributed by atoms with Crippen molar-refractivity contribution in [2.24, 2.45) is 0 Å². The summed E-state index contributed by atoms with van der Waals surface area (Å²) in [4.78, 5) is 2.69. The molecule has 0 amide bonds. The minimum atomic E-state index is 0. The maximum atomic E-state index is 3.36. The summed E-state index contributed by atoms with van der Waals surface area (Å²) in [6.07, 6.45) is 3.63. The van der Waals surface area contributed by atoms with Gasteiger partial charge in [0, 0.05) is 19.1 Å². The van der Waals surface area contributed by atoms with Gasteiger partial charge in [-0.05, 0) is 48.6 Å². The standard InChI is InChI=1S/C20H24N2.ClH/c1-21-14-17-12-13-22(17)20-18-8-4-2-6-15(18)10-11-16-7-3-5-9-19(16)20;/h2-9,17,20-21H,10-14H2,1H3;1H. The van der Waals surface area contributed by atoms with E-state index in [1.807, 2.05) is 0 Å². The summed E-state index contributed by atoms with van der Waals surface area (Å²) in [7, 11) is 2.06. The van der Waals surface area contributed by atoms with Gasteiger partial charge in [-0.1, -0.05) is 48.5 Å². The average molecular weight is 329 g/mol. The van der Waals surface area contributed by atoms with Crippen LogP contribution in [0.4, 0.5) is 0 Å². The predicted octanol–water partition coefficient (Wildman–Crippen LogP) is 3.59. The van der Waals surface area contributed by atoms with Crippen molar-refractivity contribution in [3.05, 3.63) is 70.8 Å². The molecule has 1 atom stereocenters. The largest absolute Gasteiger partial charge is 0.318 e. The third-order valence-corrected chi connectivity index (χ3v) is 5.32. The number of rotatable bonds is 3. The lowest BCUT2D eigenvalue weighted by molar-refractivity contribution is 0.0582. The first-order chi connectivity index (χ1) is 10.9. The van der Waals surface area contributed by atoms with E-state index in [9.17, 15) is 0 Å². The summed E-state index contributed by atoms with van der Waals surface area (Å²) in [6, 6.07) is 19.2. The van der Waals surface area contributed by atoms with Crippen molar-refractivity contribution >= 4 is 12.4 Å². The number of nitrogens with zero attached hydrogens (tertiary/aromatic N) is 1. The molecule has 1 unspecified atom stereocenters. The van der Waals surface area contributed by atoms with E-state index in [4.69, 9.17) is 0 Å². The van der Waals surface area contributed by atoms with Crippen LogP contribution in [0.2, 0.25) is 0 Å². The van der Waals surface area contributed by atoms with Crippen LogP contribution in [0.25, 0.3) is 0 Å². The van der Waals surface area contributed by atoms with E-state index in [2.05, 4.69) is 65.8 Å². The van der Waals surface area contributed by atoms with E-state index in [0.717, 1.165) is 19.4 Å². The van der Waals surface area contributed by atoms with Crippen LogP contribution in [0.3, 0.4) is 0 Å². The number of hydrogen-bond donors (Lipinski definition) is 1. The molecule has 2 aromatic carbocycles. The van der Waals surface area contributed by atoms with Gasteiger partial charge in [0.2, 0.25) is 0 Å². The van der Waals surface area contributed by atoms with Crippen molar-refractivity contribution in [1.29, 1.82) is 0 Å². The Morgan fingerprint density at radius 1 is 0.957 bits per heavy atom. The third-order valence-electron chi connectivity index (χ3n) is 5.32. The number of benzene rings is 2. The second-order valence-corrected chi connectivity index (χ2v) is 6.54. The summed E-state index contributed by atoms with van der Waals surface area (Å²) in [5.41, 5.74) is 6.10. The SMILES string of the molecule is CNCC1CCN1C1c2ccccc2CCc2ccccc21.Cl. The zero-order valence-electron chi connectivity index (χ0n) is 13.7. The van der Waals surface area contributed by atoms with E-state index < -0.39 is 0 Å². The van der Waals surface area contributed by atoms with Crippen molar-refractivity contribution in [2.75, 3.05) is 20.1 Å². The van der Waals surface area contributed by atoms with Gasteiger partial charge < -0.3 is 5.32 Å². The lowest BCUT2D eigenvalue weighted by Gasteiger charge is -2.47. The Bertz CT molecular complexity index is 623. The Morgan fingerprint density at radius 2 is 1.52 bits per heavy atom. The van der Waals surface area contributed by atoms with Gasteiger partial charge in [0.15, 0.2) is 0 Å². The van der Waals surface area contributed by atoms with E-state index in [0.29, 0.717) is 12.1 Å². The van der Waals surface area contributed by atoms with Crippen LogP contribution in [0.5, 0.6) is 0 Å². The van der Waals surface area contributed by atoms with Crippen molar-refractivity contribution in [3.63, 3.8) is 0 Å². The van der Waals surface area contributed by atoms with Gasteiger partial charge in [-0.25, -0.2) is 0 Å². The molecule has 1 fully saturated rings. The fourth-order valence-corrected chi connectivity index (χ4v) is 4.11. The molecule has 4 rings (SSSR count). The Kier molecular flexibility index (Phi) is 5.05. The van der Waals surface area contributed by atoms with Crippen molar-refractivity contribution < 1.29 is 0 Å². The highest BCUT2D eigenvalue weighted by Crippen LogP contribution is 2.40. The monoisotopic (exact) mass is 328 g/mol. The summed E-state index contributed by atoms with van der Waals surface area (Å²) in [6.45, 7) is 2.29. The molecular formula is C20H25ClN2. The Hall–Kier alpha value is -1.35. The molecule has 2 aliphatic rings. The molecule has 0 radical (unpaired) electrons. The van der Waals surface area contributed by atoms with Gasteiger partial charge in [-0.3, -0.25) is 4.90 Å². The number of likely N-dealkylation sites (N-methyl/N-ethyl adjacent to an activating group) is 1. The van der Waals surface area contributed by atoms with Crippen LogP contribution in [-0.4, -0.2) is 31.1 Å². The van der Waals surface area contributed by atoms with Gasteiger partial charge in [0.25, 0.3) is 0 Å². The zero-order chi connectivity index (χ0) is 14.9. The molecule has 0 aromatic heterocycles. The van der Waals surface area contributed by atoms with Gasteiger partial charge in [-0.2, -0.15) is 0 Å². The molecule has 122 valence electrons. The number of halogens is 1. The number of aryl methyl sites for hydroxylation is 2. The first-order valence-corrected chi connectivity index (χ1v) is 8.44. The molecular weight excluding hydrogens is 304 g/mol. The lowest BCUT2D eigenvalue weighted by Crippen LogP contribution is -2.54. The fraction of sp³-hybridized carbons (Fsp3) is 0.400. The molecule has 1 N–H and O–H groups in total. The third kappa shape index (κ3) is 2.91. The van der Waals surface area contributed by atoms with E-state index >= 15 is 0 Å². The first-order valence-electron chi connectivity index (χ1n) is 8.44. The molecule has 2 nitrogen and oxygen atoms in total. The molecule has 1 aliphatic heterocycles. The van der Waals surface area contributed by atoms with Gasteiger partial charge in [-0.15, -0.1) is 12.4 Å². The molecule has 1 saturated heterocycles. The van der Waals surface area contributed by atoms with Crippen LogP contribution in [0, 0.1) is 0 Å². The van der Waals surface area contributed by atoms with Gasteiger partial charge >= 0.3 is 0 Å². The predicted molar refractivity (Wildman–Crippen MR) is 98.4 cm³/mol. The van der Waals surface area contributed by atoms with Crippen molar-refractivity contribution in [2.45, 2.75) is 31.3 Å². The lowest BCUT2D eigenvalue weighted by atomic mass is 9.88. The number of likely N-dealkylation sites (tertiary alicyclic amines) is 1. The fourth-order valence-electron chi connectivity index (χ4n) is 4.11. The van der Waals surface area contributed by atoms with Crippen LogP contribution >= 0.6 is 12.4 Å². The quantitative estimate of drug-likeness (QED) is 0.926. The normalized spacial score (nSPS) is 20.7. The first kappa shape index (κ1) is 16.5. The van der Waals surface area contributed by atoms with E-state index in [1.54, 1.807) is 0 Å². The van der Waals surface area contributed by atoms with Gasteiger partial charge in [0.1, 0.15) is 0 Å². The Balaban J connectivity index is 0.00000156. The van der Waals surface area contributed by atoms with Crippen LogP contribution in [0.1, 0.15) is 34.7 Å². The second-order valence-electron chi connectivity index (χ2n) is 6.54. The maximum Gasteiger partial charge on any atom is 0.0610 e. The zero-order valence-corrected chi connectivity index (χ0v) is 14.5. The molecule has 2 aromatic rings. The number of hydrogen-bond acceptors (Lipinski definition) is 2. The highest BCUT2D eigenvalue weighted by atomic mass is 35.5. The van der Waals surface area contributed by atoms with Crippen LogP contribution < -0.4 is 5.32 Å². The van der Waals surface area contributed by atoms with Crippen molar-refractivity contribution in [1.82, 2.24) is 10.2 Å². The summed E-state index contributed by atoms with van der Waals surface area (Å²) < 4.78 is 0. The van der Waals surface area contributed by atoms with Crippen molar-refractivity contribution in [3.8, 4) is 0 Å². The van der Waals surface area contributed by atoms with Crippen LogP contribution in [0.15, 0.2) is 48.5 Å². The van der Waals surface area contributed by atoms with E-state index in [1.165, 1.54) is 35.2 Å². The van der Waals surface area contributed by atoms with E-state index in [-0.39, 0.29) is 12.4 Å². The molecule has 23 heavy (non-hydrogen) atoms. The number of nitrogens with one attached hydrogen (secondary N) is 1. The van der Waals surface area contributed by atoms with Crippen LogP contribution in [-0.2, 0) is 12.8 Å².